The van der Waals surface area contributed by atoms with Crippen molar-refractivity contribution in [2.75, 3.05) is 6.61 Å². The standard InChI is InChI=1S/C14H15ClF2O3S/c1-3-5-20-14(19)11(4-2)21-12-6-8(13(15)18)9(16)7-10(12)17/h6-7,11H,3-5H2,1-2H3. The number of ether oxygens (including phenoxy) is 1. The highest BCUT2D eigenvalue weighted by Gasteiger charge is 2.23. The molecule has 0 fully saturated rings. The van der Waals surface area contributed by atoms with Gasteiger partial charge in [-0.2, -0.15) is 0 Å². The fraction of sp³-hybridized carbons (Fsp3) is 0.429. The molecule has 0 aliphatic carbocycles. The van der Waals surface area contributed by atoms with Crippen LogP contribution in [0.2, 0.25) is 0 Å². The maximum atomic E-state index is 13.7. The zero-order valence-electron chi connectivity index (χ0n) is 11.6. The fourth-order valence-corrected chi connectivity index (χ4v) is 2.66. The summed E-state index contributed by atoms with van der Waals surface area (Å²) >= 11 is 6.12. The van der Waals surface area contributed by atoms with Gasteiger partial charge in [0.25, 0.3) is 5.24 Å². The zero-order chi connectivity index (χ0) is 16.0. The highest BCUT2D eigenvalue weighted by atomic mass is 35.5. The van der Waals surface area contributed by atoms with Crippen LogP contribution in [0, 0.1) is 11.6 Å². The minimum Gasteiger partial charge on any atom is -0.465 e. The average molecular weight is 337 g/mol. The second-order valence-corrected chi connectivity index (χ2v) is 5.81. The number of hydrogen-bond acceptors (Lipinski definition) is 4. The van der Waals surface area contributed by atoms with Gasteiger partial charge in [-0.3, -0.25) is 9.59 Å². The Balaban J connectivity index is 2.96. The first kappa shape index (κ1) is 17.9. The van der Waals surface area contributed by atoms with Crippen LogP contribution in [0.1, 0.15) is 37.0 Å². The van der Waals surface area contributed by atoms with E-state index in [1.807, 2.05) is 6.92 Å². The summed E-state index contributed by atoms with van der Waals surface area (Å²) in [5, 5.41) is -1.65. The Morgan fingerprint density at radius 1 is 1.29 bits per heavy atom. The number of carbonyl (C=O) groups excluding carboxylic acids is 2. The lowest BCUT2D eigenvalue weighted by Gasteiger charge is -2.14. The van der Waals surface area contributed by atoms with Crippen molar-refractivity contribution in [1.82, 2.24) is 0 Å². The smallest absolute Gasteiger partial charge is 0.319 e. The summed E-state index contributed by atoms with van der Waals surface area (Å²) in [5.41, 5.74) is -0.419. The largest absolute Gasteiger partial charge is 0.465 e. The van der Waals surface area contributed by atoms with Crippen LogP contribution in [0.15, 0.2) is 17.0 Å². The number of carbonyl (C=O) groups is 2. The molecule has 0 amide bonds. The van der Waals surface area contributed by atoms with Gasteiger partial charge in [-0.1, -0.05) is 13.8 Å². The van der Waals surface area contributed by atoms with Crippen molar-refractivity contribution in [2.45, 2.75) is 36.8 Å². The fourth-order valence-electron chi connectivity index (χ4n) is 1.52. The molecule has 0 aliphatic rings. The van der Waals surface area contributed by atoms with Crippen molar-refractivity contribution in [3.05, 3.63) is 29.3 Å². The molecule has 21 heavy (non-hydrogen) atoms. The lowest BCUT2D eigenvalue weighted by atomic mass is 10.2. The van der Waals surface area contributed by atoms with E-state index in [1.165, 1.54) is 0 Å². The summed E-state index contributed by atoms with van der Waals surface area (Å²) in [5.74, 6) is -2.34. The van der Waals surface area contributed by atoms with Crippen LogP contribution in [0.25, 0.3) is 0 Å². The highest BCUT2D eigenvalue weighted by molar-refractivity contribution is 8.00. The normalized spacial score (nSPS) is 12.0. The first-order valence-electron chi connectivity index (χ1n) is 6.42. The number of rotatable bonds is 7. The maximum Gasteiger partial charge on any atom is 0.319 e. The lowest BCUT2D eigenvalue weighted by Crippen LogP contribution is -2.20. The number of thioether (sulfide) groups is 1. The van der Waals surface area contributed by atoms with Crippen LogP contribution in [0.3, 0.4) is 0 Å². The van der Waals surface area contributed by atoms with Gasteiger partial charge in [-0.05, 0) is 30.5 Å². The van der Waals surface area contributed by atoms with Crippen molar-refractivity contribution in [3.8, 4) is 0 Å². The van der Waals surface area contributed by atoms with E-state index in [2.05, 4.69) is 0 Å². The van der Waals surface area contributed by atoms with E-state index in [-0.39, 0.29) is 11.5 Å². The Morgan fingerprint density at radius 2 is 1.95 bits per heavy atom. The molecular formula is C14H15ClF2O3S. The summed E-state index contributed by atoms with van der Waals surface area (Å²) in [6.07, 6.45) is 1.09. The first-order chi connectivity index (χ1) is 9.90. The summed E-state index contributed by atoms with van der Waals surface area (Å²) in [4.78, 5) is 22.9. The Morgan fingerprint density at radius 3 is 2.48 bits per heavy atom. The molecule has 1 rings (SSSR count). The van der Waals surface area contributed by atoms with Gasteiger partial charge in [-0.25, -0.2) is 8.78 Å². The van der Waals surface area contributed by atoms with Gasteiger partial charge in [0, 0.05) is 11.0 Å². The summed E-state index contributed by atoms with van der Waals surface area (Å²) in [7, 11) is 0. The van der Waals surface area contributed by atoms with E-state index in [4.69, 9.17) is 16.3 Å². The van der Waals surface area contributed by atoms with Crippen molar-refractivity contribution in [1.29, 1.82) is 0 Å². The van der Waals surface area contributed by atoms with E-state index in [0.717, 1.165) is 17.8 Å². The van der Waals surface area contributed by atoms with Crippen LogP contribution in [-0.4, -0.2) is 23.1 Å². The number of hydrogen-bond donors (Lipinski definition) is 0. The maximum absolute atomic E-state index is 13.7. The van der Waals surface area contributed by atoms with Crippen molar-refractivity contribution >= 4 is 34.6 Å². The molecule has 1 unspecified atom stereocenters. The molecule has 0 saturated carbocycles. The molecule has 1 atom stereocenters. The van der Waals surface area contributed by atoms with Gasteiger partial charge in [0.2, 0.25) is 0 Å². The summed E-state index contributed by atoms with van der Waals surface area (Å²) in [6, 6.07) is 1.60. The van der Waals surface area contributed by atoms with E-state index in [1.54, 1.807) is 6.92 Å². The molecule has 0 heterocycles. The monoisotopic (exact) mass is 336 g/mol. The average Bonchev–Trinajstić information content (AvgIpc) is 2.43. The van der Waals surface area contributed by atoms with Crippen LogP contribution in [0.5, 0.6) is 0 Å². The molecule has 0 spiro atoms. The van der Waals surface area contributed by atoms with Crippen LogP contribution < -0.4 is 0 Å². The van der Waals surface area contributed by atoms with E-state index in [0.29, 0.717) is 18.9 Å². The SMILES string of the molecule is CCCOC(=O)C(CC)Sc1cc(C(=O)Cl)c(F)cc1F. The van der Waals surface area contributed by atoms with Gasteiger partial charge < -0.3 is 4.74 Å². The molecular weight excluding hydrogens is 322 g/mol. The zero-order valence-corrected chi connectivity index (χ0v) is 13.2. The topological polar surface area (TPSA) is 43.4 Å². The predicted molar refractivity (Wildman–Crippen MR) is 77.7 cm³/mol. The van der Waals surface area contributed by atoms with Gasteiger partial charge in [-0.15, -0.1) is 11.8 Å². The third-order valence-corrected chi connectivity index (χ3v) is 4.17. The van der Waals surface area contributed by atoms with Crippen LogP contribution in [-0.2, 0) is 9.53 Å². The first-order valence-corrected chi connectivity index (χ1v) is 7.68. The molecule has 1 aromatic carbocycles. The van der Waals surface area contributed by atoms with Gasteiger partial charge in [0.05, 0.1) is 12.2 Å². The minimum absolute atomic E-state index is 0.0132. The van der Waals surface area contributed by atoms with Crippen LogP contribution >= 0.6 is 23.4 Å². The Labute approximate surface area is 131 Å². The molecule has 3 nitrogen and oxygen atoms in total. The minimum atomic E-state index is -1.03. The Kier molecular flexibility index (Phi) is 7.11. The molecule has 0 aromatic heterocycles. The van der Waals surface area contributed by atoms with Gasteiger partial charge >= 0.3 is 5.97 Å². The second-order valence-electron chi connectivity index (χ2n) is 4.22. The summed E-state index contributed by atoms with van der Waals surface area (Å²) < 4.78 is 32.1. The molecule has 7 heteroatoms. The molecule has 0 radical (unpaired) electrons. The Bertz CT molecular complexity index is 537. The number of esters is 1. The predicted octanol–water partition coefficient (Wildman–Crippen LogP) is 4.17. The molecule has 0 bridgehead atoms. The number of benzene rings is 1. The van der Waals surface area contributed by atoms with Crippen molar-refractivity contribution in [2.24, 2.45) is 0 Å². The van der Waals surface area contributed by atoms with E-state index in [9.17, 15) is 18.4 Å². The lowest BCUT2D eigenvalue weighted by molar-refractivity contribution is -0.143. The highest BCUT2D eigenvalue weighted by Crippen LogP contribution is 2.31. The van der Waals surface area contributed by atoms with E-state index < -0.39 is 33.7 Å². The third-order valence-electron chi connectivity index (χ3n) is 2.58. The van der Waals surface area contributed by atoms with Crippen molar-refractivity contribution < 1.29 is 23.1 Å². The van der Waals surface area contributed by atoms with Crippen molar-refractivity contribution in [3.63, 3.8) is 0 Å². The quantitative estimate of drug-likeness (QED) is 0.426. The van der Waals surface area contributed by atoms with Gasteiger partial charge in [0.1, 0.15) is 16.9 Å². The van der Waals surface area contributed by atoms with E-state index >= 15 is 0 Å². The molecule has 0 saturated heterocycles. The molecule has 0 N–H and O–H groups in total. The summed E-state index contributed by atoms with van der Waals surface area (Å²) in [6.45, 7) is 3.90. The second kappa shape index (κ2) is 8.34. The molecule has 116 valence electrons. The number of halogens is 3. The molecule has 0 aliphatic heterocycles. The van der Waals surface area contributed by atoms with Gasteiger partial charge in [0.15, 0.2) is 0 Å². The molecule has 1 aromatic rings. The third kappa shape index (κ3) is 4.97. The Hall–Kier alpha value is -1.14. The van der Waals surface area contributed by atoms with Crippen LogP contribution in [0.4, 0.5) is 8.78 Å².